The van der Waals surface area contributed by atoms with Gasteiger partial charge in [-0.05, 0) is 48.9 Å². The van der Waals surface area contributed by atoms with E-state index in [9.17, 15) is 4.39 Å². The average Bonchev–Trinajstić information content (AvgIpc) is 2.36. The summed E-state index contributed by atoms with van der Waals surface area (Å²) in [4.78, 5) is 0. The number of rotatable bonds is 2. The molecule has 0 fully saturated rings. The van der Waals surface area contributed by atoms with Crippen LogP contribution < -0.4 is 4.74 Å². The number of benzene rings is 2. The summed E-state index contributed by atoms with van der Waals surface area (Å²) in [5.74, 6) is 0.409. The molecule has 2 rings (SSSR count). The van der Waals surface area contributed by atoms with Crippen LogP contribution in [-0.2, 0) is 0 Å². The molecular formula is C14H9ClFNO. The van der Waals surface area contributed by atoms with Crippen molar-refractivity contribution in [3.8, 4) is 17.6 Å². The van der Waals surface area contributed by atoms with Crippen LogP contribution in [0.15, 0.2) is 36.4 Å². The molecule has 0 spiro atoms. The Bertz CT molecular complexity index is 634. The molecule has 0 aliphatic carbocycles. The maximum Gasteiger partial charge on any atom is 0.145 e. The van der Waals surface area contributed by atoms with Crippen LogP contribution in [0, 0.1) is 24.1 Å². The highest BCUT2D eigenvalue weighted by molar-refractivity contribution is 6.31. The molecule has 4 heteroatoms. The zero-order chi connectivity index (χ0) is 13.1. The molecule has 0 unspecified atom stereocenters. The van der Waals surface area contributed by atoms with Gasteiger partial charge in [0.15, 0.2) is 0 Å². The van der Waals surface area contributed by atoms with Gasteiger partial charge in [-0.1, -0.05) is 11.6 Å². The normalized spacial score (nSPS) is 9.89. The summed E-state index contributed by atoms with van der Waals surface area (Å²) in [6, 6.07) is 10.9. The second-order valence-electron chi connectivity index (χ2n) is 3.77. The van der Waals surface area contributed by atoms with Crippen molar-refractivity contribution in [3.63, 3.8) is 0 Å². The molecule has 0 N–H and O–H groups in total. The highest BCUT2D eigenvalue weighted by atomic mass is 35.5. The summed E-state index contributed by atoms with van der Waals surface area (Å²) in [6.07, 6.45) is 0. The van der Waals surface area contributed by atoms with E-state index in [1.807, 2.05) is 13.0 Å². The van der Waals surface area contributed by atoms with Gasteiger partial charge in [0.25, 0.3) is 0 Å². The third-order valence-corrected chi connectivity index (χ3v) is 2.84. The van der Waals surface area contributed by atoms with E-state index >= 15 is 0 Å². The number of hydrogen-bond acceptors (Lipinski definition) is 2. The molecule has 0 aromatic heterocycles. The number of ether oxygens (including phenoxy) is 1. The highest BCUT2D eigenvalue weighted by Crippen LogP contribution is 2.28. The van der Waals surface area contributed by atoms with E-state index in [1.54, 1.807) is 18.2 Å². The van der Waals surface area contributed by atoms with E-state index in [1.165, 1.54) is 12.1 Å². The van der Waals surface area contributed by atoms with Crippen LogP contribution in [0.2, 0.25) is 5.02 Å². The van der Waals surface area contributed by atoms with E-state index in [0.29, 0.717) is 16.5 Å². The number of hydrogen-bond donors (Lipinski definition) is 0. The van der Waals surface area contributed by atoms with Crippen molar-refractivity contribution in [2.24, 2.45) is 0 Å². The molecule has 18 heavy (non-hydrogen) atoms. The first-order valence-electron chi connectivity index (χ1n) is 5.24. The molecule has 0 bridgehead atoms. The molecule has 2 nitrogen and oxygen atoms in total. The fourth-order valence-electron chi connectivity index (χ4n) is 1.49. The van der Waals surface area contributed by atoms with Gasteiger partial charge >= 0.3 is 0 Å². The third kappa shape index (κ3) is 2.61. The molecule has 0 atom stereocenters. The van der Waals surface area contributed by atoms with Crippen LogP contribution >= 0.6 is 11.6 Å². The van der Waals surface area contributed by atoms with E-state index in [4.69, 9.17) is 21.6 Å². The smallest absolute Gasteiger partial charge is 0.145 e. The Balaban J connectivity index is 2.34. The maximum absolute atomic E-state index is 13.0. The van der Waals surface area contributed by atoms with Crippen LogP contribution in [0.3, 0.4) is 0 Å². The minimum Gasteiger partial charge on any atom is -0.456 e. The maximum atomic E-state index is 13.0. The second kappa shape index (κ2) is 5.07. The molecule has 0 saturated carbocycles. The standard InChI is InChI=1S/C14H9ClFNO/c1-9-6-12(3-4-13(9)15)18-14-5-2-11(16)7-10(14)8-17/h2-7H,1H3. The number of nitriles is 1. The molecule has 0 heterocycles. The fourth-order valence-corrected chi connectivity index (χ4v) is 1.60. The monoisotopic (exact) mass is 261 g/mol. The molecule has 90 valence electrons. The van der Waals surface area contributed by atoms with E-state index in [0.717, 1.165) is 11.6 Å². The van der Waals surface area contributed by atoms with Gasteiger partial charge in [-0.25, -0.2) is 4.39 Å². The summed E-state index contributed by atoms with van der Waals surface area (Å²) >= 11 is 5.91. The molecular weight excluding hydrogens is 253 g/mol. The molecule has 0 aliphatic heterocycles. The molecule has 2 aromatic carbocycles. The lowest BCUT2D eigenvalue weighted by Crippen LogP contribution is -1.90. The molecule has 0 aliphatic rings. The Kier molecular flexibility index (Phi) is 3.50. The van der Waals surface area contributed by atoms with Gasteiger partial charge in [-0.15, -0.1) is 0 Å². The topological polar surface area (TPSA) is 33.0 Å². The number of halogens is 2. The Morgan fingerprint density at radius 2 is 2.00 bits per heavy atom. The Labute approximate surface area is 109 Å². The summed E-state index contributed by atoms with van der Waals surface area (Å²) in [5, 5.41) is 9.54. The van der Waals surface area contributed by atoms with Gasteiger partial charge in [0.05, 0.1) is 5.56 Å². The SMILES string of the molecule is Cc1cc(Oc2ccc(F)cc2C#N)ccc1Cl. The zero-order valence-corrected chi connectivity index (χ0v) is 10.3. The minimum atomic E-state index is -0.466. The third-order valence-electron chi connectivity index (χ3n) is 2.42. The first-order valence-corrected chi connectivity index (χ1v) is 5.61. The van der Waals surface area contributed by atoms with Crippen molar-refractivity contribution in [2.45, 2.75) is 6.92 Å². The van der Waals surface area contributed by atoms with Gasteiger partial charge in [0.1, 0.15) is 23.4 Å². The van der Waals surface area contributed by atoms with Gasteiger partial charge in [-0.2, -0.15) is 5.26 Å². The Hall–Kier alpha value is -2.05. The number of nitrogens with zero attached hydrogens (tertiary/aromatic N) is 1. The average molecular weight is 262 g/mol. The van der Waals surface area contributed by atoms with Crippen molar-refractivity contribution in [2.75, 3.05) is 0 Å². The first kappa shape index (κ1) is 12.4. The number of aryl methyl sites for hydroxylation is 1. The van der Waals surface area contributed by atoms with Crippen LogP contribution in [0.25, 0.3) is 0 Å². The van der Waals surface area contributed by atoms with Crippen LogP contribution in [-0.4, -0.2) is 0 Å². The fraction of sp³-hybridized carbons (Fsp3) is 0.0714. The van der Waals surface area contributed by atoms with Crippen LogP contribution in [0.5, 0.6) is 11.5 Å². The predicted octanol–water partition coefficient (Wildman–Crippen LogP) is 4.45. The van der Waals surface area contributed by atoms with Crippen molar-refractivity contribution < 1.29 is 9.13 Å². The van der Waals surface area contributed by atoms with Crippen molar-refractivity contribution in [1.29, 1.82) is 5.26 Å². The van der Waals surface area contributed by atoms with Crippen molar-refractivity contribution >= 4 is 11.6 Å². The Morgan fingerprint density at radius 1 is 1.22 bits per heavy atom. The van der Waals surface area contributed by atoms with Crippen LogP contribution in [0.1, 0.15) is 11.1 Å². The summed E-state index contributed by atoms with van der Waals surface area (Å²) in [5.41, 5.74) is 1.03. The molecule has 0 amide bonds. The molecule has 0 saturated heterocycles. The van der Waals surface area contributed by atoms with Gasteiger partial charge in [0.2, 0.25) is 0 Å². The Morgan fingerprint density at radius 3 is 2.67 bits per heavy atom. The lowest BCUT2D eigenvalue weighted by molar-refractivity contribution is 0.478. The van der Waals surface area contributed by atoms with Crippen molar-refractivity contribution in [3.05, 3.63) is 58.4 Å². The molecule has 0 radical (unpaired) electrons. The summed E-state index contributed by atoms with van der Waals surface area (Å²) in [6.45, 7) is 1.85. The lowest BCUT2D eigenvalue weighted by Gasteiger charge is -2.08. The van der Waals surface area contributed by atoms with Gasteiger partial charge in [0, 0.05) is 5.02 Å². The summed E-state index contributed by atoms with van der Waals surface area (Å²) in [7, 11) is 0. The van der Waals surface area contributed by atoms with Crippen molar-refractivity contribution in [1.82, 2.24) is 0 Å². The van der Waals surface area contributed by atoms with Crippen LogP contribution in [0.4, 0.5) is 4.39 Å². The second-order valence-corrected chi connectivity index (χ2v) is 4.17. The van der Waals surface area contributed by atoms with E-state index < -0.39 is 5.82 Å². The zero-order valence-electron chi connectivity index (χ0n) is 9.58. The van der Waals surface area contributed by atoms with Gasteiger partial charge in [-0.3, -0.25) is 0 Å². The largest absolute Gasteiger partial charge is 0.456 e. The lowest BCUT2D eigenvalue weighted by atomic mass is 10.2. The van der Waals surface area contributed by atoms with Gasteiger partial charge < -0.3 is 4.74 Å². The van der Waals surface area contributed by atoms with E-state index in [2.05, 4.69) is 0 Å². The quantitative estimate of drug-likeness (QED) is 0.800. The summed E-state index contributed by atoms with van der Waals surface area (Å²) < 4.78 is 18.5. The van der Waals surface area contributed by atoms with E-state index in [-0.39, 0.29) is 5.56 Å². The minimum absolute atomic E-state index is 0.155. The first-order chi connectivity index (χ1) is 8.60. The molecule has 2 aromatic rings. The highest BCUT2D eigenvalue weighted by Gasteiger charge is 2.07. The predicted molar refractivity (Wildman–Crippen MR) is 67.4 cm³/mol.